The second-order valence-electron chi connectivity index (χ2n) is 3.68. The average molecular weight is 337 g/mol. The number of hydrogen-bond donors (Lipinski definition) is 0. The Labute approximate surface area is 108 Å². The van der Waals surface area contributed by atoms with Crippen molar-refractivity contribution < 1.29 is 9.18 Å². The van der Waals surface area contributed by atoms with Crippen LogP contribution in [0, 0.1) is 11.3 Å². The van der Waals surface area contributed by atoms with E-state index >= 15 is 0 Å². The molecule has 1 aliphatic rings. The number of ketones is 1. The molecule has 1 saturated heterocycles. The van der Waals surface area contributed by atoms with E-state index in [1.807, 2.05) is 4.90 Å². The topological polar surface area (TPSA) is 47.3 Å². The van der Waals surface area contributed by atoms with Crippen molar-refractivity contribution in [2.45, 2.75) is 12.5 Å². The maximum atomic E-state index is 12.6. The zero-order chi connectivity index (χ0) is 12.1. The number of rotatable bonds is 4. The van der Waals surface area contributed by atoms with Crippen LogP contribution in [0.1, 0.15) is 6.42 Å². The molecule has 1 fully saturated rings. The molecule has 0 saturated carbocycles. The molecule has 1 heterocycles. The fourth-order valence-electron chi connectivity index (χ4n) is 1.63. The number of piperazine rings is 1. The van der Waals surface area contributed by atoms with Crippen LogP contribution in [0.15, 0.2) is 12.4 Å². The van der Waals surface area contributed by atoms with Gasteiger partial charge in [0.25, 0.3) is 0 Å². The fourth-order valence-corrected chi connectivity index (χ4v) is 2.30. The number of nitrogens with zero attached hydrogens (tertiary/aromatic N) is 3. The van der Waals surface area contributed by atoms with Crippen molar-refractivity contribution in [3.05, 3.63) is 12.4 Å². The highest BCUT2D eigenvalue weighted by molar-refractivity contribution is 14.1. The highest BCUT2D eigenvalue weighted by atomic mass is 127. The van der Waals surface area contributed by atoms with E-state index in [2.05, 4.69) is 38.6 Å². The number of hydrogen-bond acceptors (Lipinski definition) is 4. The Kier molecular flexibility index (Phi) is 5.31. The van der Waals surface area contributed by atoms with Gasteiger partial charge in [-0.05, 0) is 0 Å². The first-order valence-electron chi connectivity index (χ1n) is 4.94. The third kappa shape index (κ3) is 3.81. The van der Waals surface area contributed by atoms with Crippen LogP contribution < -0.4 is 0 Å². The SMILES string of the molecule is C=C(F)C(=O)CN1CCN(I)C[C@H]1CC#N. The minimum Gasteiger partial charge on any atom is -0.290 e. The first kappa shape index (κ1) is 13.5. The van der Waals surface area contributed by atoms with Crippen LogP contribution in [0.25, 0.3) is 0 Å². The van der Waals surface area contributed by atoms with Crippen molar-refractivity contribution in [1.29, 1.82) is 5.26 Å². The van der Waals surface area contributed by atoms with E-state index in [-0.39, 0.29) is 12.6 Å². The molecule has 88 valence electrons. The van der Waals surface area contributed by atoms with Gasteiger partial charge in [0.05, 0.1) is 19.0 Å². The molecule has 1 rings (SSSR count). The van der Waals surface area contributed by atoms with Crippen molar-refractivity contribution in [1.82, 2.24) is 8.01 Å². The molecule has 0 radical (unpaired) electrons. The third-order valence-electron chi connectivity index (χ3n) is 2.53. The molecule has 1 aliphatic heterocycles. The van der Waals surface area contributed by atoms with Crippen LogP contribution in [0.3, 0.4) is 0 Å². The van der Waals surface area contributed by atoms with Gasteiger partial charge in [0, 0.05) is 48.5 Å². The lowest BCUT2D eigenvalue weighted by Crippen LogP contribution is -2.51. The predicted octanol–water partition coefficient (Wildman–Crippen LogP) is 1.29. The molecule has 0 aliphatic carbocycles. The van der Waals surface area contributed by atoms with Crippen molar-refractivity contribution in [3.8, 4) is 6.07 Å². The maximum absolute atomic E-state index is 12.6. The van der Waals surface area contributed by atoms with Gasteiger partial charge in [0.15, 0.2) is 5.83 Å². The number of carbonyl (C=O) groups is 1. The maximum Gasteiger partial charge on any atom is 0.204 e. The highest BCUT2D eigenvalue weighted by Gasteiger charge is 2.27. The monoisotopic (exact) mass is 337 g/mol. The standard InChI is InChI=1S/C10H13FIN3O/c1-8(11)10(16)7-14-4-5-15(12)6-9(14)2-3-13/h9H,1-2,4-7H2/t9-/m1/s1. The zero-order valence-electron chi connectivity index (χ0n) is 8.83. The normalized spacial score (nSPS) is 22.7. The summed E-state index contributed by atoms with van der Waals surface area (Å²) in [6.07, 6.45) is 0.353. The van der Waals surface area contributed by atoms with Crippen LogP contribution in [0.4, 0.5) is 4.39 Å². The van der Waals surface area contributed by atoms with E-state index in [0.29, 0.717) is 13.0 Å². The van der Waals surface area contributed by atoms with E-state index in [4.69, 9.17) is 5.26 Å². The van der Waals surface area contributed by atoms with Crippen LogP contribution in [0.2, 0.25) is 0 Å². The van der Waals surface area contributed by atoms with Gasteiger partial charge < -0.3 is 0 Å². The van der Waals surface area contributed by atoms with Gasteiger partial charge in [0.1, 0.15) is 0 Å². The number of halogens is 2. The molecule has 16 heavy (non-hydrogen) atoms. The Morgan fingerprint density at radius 1 is 1.62 bits per heavy atom. The predicted molar refractivity (Wildman–Crippen MR) is 66.4 cm³/mol. The summed E-state index contributed by atoms with van der Waals surface area (Å²) in [5.41, 5.74) is 0. The first-order chi connectivity index (χ1) is 7.54. The van der Waals surface area contributed by atoms with Crippen LogP contribution >= 0.6 is 22.9 Å². The van der Waals surface area contributed by atoms with E-state index in [1.165, 1.54) is 0 Å². The molecule has 0 amide bonds. The lowest BCUT2D eigenvalue weighted by atomic mass is 10.1. The van der Waals surface area contributed by atoms with Gasteiger partial charge in [0.2, 0.25) is 5.78 Å². The van der Waals surface area contributed by atoms with Crippen molar-refractivity contribution in [2.75, 3.05) is 26.2 Å². The smallest absolute Gasteiger partial charge is 0.204 e. The Bertz CT molecular complexity index is 329. The third-order valence-corrected chi connectivity index (χ3v) is 3.41. The van der Waals surface area contributed by atoms with Crippen LogP contribution in [0.5, 0.6) is 0 Å². The van der Waals surface area contributed by atoms with E-state index in [0.717, 1.165) is 13.1 Å². The number of nitriles is 1. The quantitative estimate of drug-likeness (QED) is 0.441. The molecule has 0 spiro atoms. The molecular weight excluding hydrogens is 324 g/mol. The summed E-state index contributed by atoms with van der Waals surface area (Å²) in [7, 11) is 0. The Morgan fingerprint density at radius 3 is 2.88 bits per heavy atom. The van der Waals surface area contributed by atoms with E-state index < -0.39 is 11.6 Å². The Balaban J connectivity index is 2.59. The summed E-state index contributed by atoms with van der Waals surface area (Å²) >= 11 is 2.19. The van der Waals surface area contributed by atoms with Gasteiger partial charge >= 0.3 is 0 Å². The average Bonchev–Trinajstić information content (AvgIpc) is 2.22. The summed E-state index contributed by atoms with van der Waals surface area (Å²) in [4.78, 5) is 13.1. The van der Waals surface area contributed by atoms with E-state index in [1.54, 1.807) is 0 Å². The summed E-state index contributed by atoms with van der Waals surface area (Å²) < 4.78 is 14.7. The Hall–Kier alpha value is -0.520. The second kappa shape index (κ2) is 6.27. The molecule has 0 aromatic carbocycles. The highest BCUT2D eigenvalue weighted by Crippen LogP contribution is 2.16. The van der Waals surface area contributed by atoms with Gasteiger partial charge in [-0.3, -0.25) is 9.69 Å². The second-order valence-corrected chi connectivity index (χ2v) is 5.05. The Morgan fingerprint density at radius 2 is 2.31 bits per heavy atom. The number of carbonyl (C=O) groups excluding carboxylic acids is 1. The van der Waals surface area contributed by atoms with Crippen molar-refractivity contribution in [2.24, 2.45) is 0 Å². The summed E-state index contributed by atoms with van der Waals surface area (Å²) in [5, 5.41) is 8.69. The molecule has 0 N–H and O–H groups in total. The van der Waals surface area contributed by atoms with Crippen LogP contribution in [-0.2, 0) is 4.79 Å². The summed E-state index contributed by atoms with van der Waals surface area (Å²) in [6.45, 7) is 5.22. The molecule has 6 heteroatoms. The van der Waals surface area contributed by atoms with Crippen molar-refractivity contribution >= 4 is 28.6 Å². The first-order valence-corrected chi connectivity index (χ1v) is 5.90. The van der Waals surface area contributed by atoms with Gasteiger partial charge in [-0.2, -0.15) is 5.26 Å². The fraction of sp³-hybridized carbons (Fsp3) is 0.600. The largest absolute Gasteiger partial charge is 0.290 e. The lowest BCUT2D eigenvalue weighted by Gasteiger charge is -2.37. The van der Waals surface area contributed by atoms with Gasteiger partial charge in [-0.1, -0.05) is 6.58 Å². The number of Topliss-reactive ketones (excluding diaryl/α,β-unsaturated/α-hetero) is 1. The summed E-state index contributed by atoms with van der Waals surface area (Å²) in [5.74, 6) is -1.50. The molecule has 0 unspecified atom stereocenters. The molecule has 1 atom stereocenters. The summed E-state index contributed by atoms with van der Waals surface area (Å²) in [6, 6.07) is 2.09. The van der Waals surface area contributed by atoms with Crippen molar-refractivity contribution in [3.63, 3.8) is 0 Å². The minimum atomic E-state index is -0.910. The van der Waals surface area contributed by atoms with Gasteiger partial charge in [-0.25, -0.2) is 7.50 Å². The minimum absolute atomic E-state index is 0.000972. The van der Waals surface area contributed by atoms with Gasteiger partial charge in [-0.15, -0.1) is 0 Å². The molecule has 0 bridgehead atoms. The lowest BCUT2D eigenvalue weighted by molar-refractivity contribution is -0.118. The van der Waals surface area contributed by atoms with E-state index in [9.17, 15) is 9.18 Å². The molecule has 0 aromatic heterocycles. The zero-order valence-corrected chi connectivity index (χ0v) is 11.0. The molecule has 4 nitrogen and oxygen atoms in total. The van der Waals surface area contributed by atoms with Crippen LogP contribution in [-0.4, -0.2) is 46.0 Å². The molecular formula is C10H13FIN3O. The molecule has 0 aromatic rings.